The molecule has 0 radical (unpaired) electrons. The molecule has 2 amide bonds. The van der Waals surface area contributed by atoms with Crippen molar-refractivity contribution in [3.8, 4) is 0 Å². The second-order valence-electron chi connectivity index (χ2n) is 11.8. The van der Waals surface area contributed by atoms with Crippen LogP contribution in [0, 0.1) is 0 Å². The fourth-order valence-corrected chi connectivity index (χ4v) is 5.55. The van der Waals surface area contributed by atoms with Gasteiger partial charge in [-0.15, -0.1) is 0 Å². The number of amides is 2. The van der Waals surface area contributed by atoms with Gasteiger partial charge in [0, 0.05) is 12.2 Å². The highest BCUT2D eigenvalue weighted by Crippen LogP contribution is 2.28. The zero-order valence-electron chi connectivity index (χ0n) is 26.3. The smallest absolute Gasteiger partial charge is 0.331 e. The molecule has 3 aliphatic rings. The molecule has 42 heavy (non-hydrogen) atoms. The molecule has 0 aromatic heterocycles. The number of piperazine rings is 1. The Morgan fingerprint density at radius 3 is 1.12 bits per heavy atom. The quantitative estimate of drug-likeness (QED) is 0.0732. The molecule has 3 heterocycles. The molecule has 3 aliphatic heterocycles. The van der Waals surface area contributed by atoms with Crippen LogP contribution >= 0.6 is 0 Å². The third-order valence-corrected chi connectivity index (χ3v) is 8.08. The largest absolute Gasteiger partial charge is 0.463 e. The standard InChI is InChI=1S/C34H56N2O6/c1-3-5-7-9-11-13-15-17-19-21-23-41-29(37)25-27-28(32-34(40)35-31(27)33(39)36-32)26-30(38)42-24-22-20-18-16-14-12-10-8-6-4-2/h25-26,31-32H,3-24H2,1-2H3,(H,35,40)(H,36,39)/b27-25-,28-26-. The van der Waals surface area contributed by atoms with Crippen LogP contribution in [-0.2, 0) is 28.7 Å². The van der Waals surface area contributed by atoms with Crippen molar-refractivity contribution in [2.75, 3.05) is 13.2 Å². The van der Waals surface area contributed by atoms with Crippen LogP contribution in [0.1, 0.15) is 142 Å². The third-order valence-electron chi connectivity index (χ3n) is 8.08. The van der Waals surface area contributed by atoms with Crippen LogP contribution in [0.5, 0.6) is 0 Å². The van der Waals surface area contributed by atoms with Gasteiger partial charge in [0.05, 0.1) is 13.2 Å². The summed E-state index contributed by atoms with van der Waals surface area (Å²) in [5.41, 5.74) is 0.569. The lowest BCUT2D eigenvalue weighted by Gasteiger charge is -2.39. The Hall–Kier alpha value is -2.64. The number of nitrogens with one attached hydrogen (secondary N) is 2. The predicted octanol–water partition coefficient (Wildman–Crippen LogP) is 6.76. The monoisotopic (exact) mass is 588 g/mol. The van der Waals surface area contributed by atoms with E-state index in [9.17, 15) is 19.2 Å². The van der Waals surface area contributed by atoms with Crippen molar-refractivity contribution in [1.29, 1.82) is 0 Å². The number of hydrogen-bond donors (Lipinski definition) is 2. The van der Waals surface area contributed by atoms with E-state index in [1.807, 2.05) is 0 Å². The van der Waals surface area contributed by atoms with Crippen molar-refractivity contribution in [3.63, 3.8) is 0 Å². The first-order valence-electron chi connectivity index (χ1n) is 16.9. The van der Waals surface area contributed by atoms with E-state index in [1.165, 1.54) is 102 Å². The molecule has 2 N–H and O–H groups in total. The number of piperidine rings is 2. The summed E-state index contributed by atoms with van der Waals surface area (Å²) in [7, 11) is 0. The van der Waals surface area contributed by atoms with Crippen LogP contribution in [0.15, 0.2) is 23.3 Å². The summed E-state index contributed by atoms with van der Waals surface area (Å²) in [5, 5.41) is 5.21. The van der Waals surface area contributed by atoms with Crippen molar-refractivity contribution in [1.82, 2.24) is 10.6 Å². The molecule has 0 aromatic rings. The summed E-state index contributed by atoms with van der Waals surface area (Å²) in [6.45, 7) is 5.05. The topological polar surface area (TPSA) is 111 Å². The minimum absolute atomic E-state index is 0.285. The number of fused-ring (bicyclic) bond motifs is 3. The van der Waals surface area contributed by atoms with Gasteiger partial charge >= 0.3 is 11.9 Å². The van der Waals surface area contributed by atoms with E-state index in [1.54, 1.807) is 0 Å². The van der Waals surface area contributed by atoms with E-state index in [4.69, 9.17) is 9.47 Å². The van der Waals surface area contributed by atoms with Crippen molar-refractivity contribution in [2.24, 2.45) is 0 Å². The molecule has 0 aliphatic carbocycles. The number of rotatable bonds is 24. The SMILES string of the molecule is CCCCCCCCCCCCOC(=O)/C=C1/C(=C/C(=O)OCCCCCCCCCCCC)C2NC(=O)C1NC2=O. The maximum Gasteiger partial charge on any atom is 0.331 e. The molecule has 0 saturated carbocycles. The lowest BCUT2D eigenvalue weighted by Crippen LogP contribution is -2.68. The summed E-state index contributed by atoms with van der Waals surface area (Å²) in [5.74, 6) is -1.99. The van der Waals surface area contributed by atoms with E-state index in [0.717, 1.165) is 38.5 Å². The van der Waals surface area contributed by atoms with Crippen molar-refractivity contribution < 1.29 is 28.7 Å². The normalized spacial score (nSPS) is 19.7. The van der Waals surface area contributed by atoms with Crippen molar-refractivity contribution in [3.05, 3.63) is 23.3 Å². The first-order valence-corrected chi connectivity index (χ1v) is 16.9. The summed E-state index contributed by atoms with van der Waals surface area (Å²) in [6.07, 6.45) is 26.2. The molecule has 2 atom stereocenters. The van der Waals surface area contributed by atoms with Crippen LogP contribution in [0.25, 0.3) is 0 Å². The lowest BCUT2D eigenvalue weighted by molar-refractivity contribution is -0.139. The van der Waals surface area contributed by atoms with E-state index < -0.39 is 35.8 Å². The Labute approximate surface area is 253 Å². The highest BCUT2D eigenvalue weighted by molar-refractivity contribution is 6.07. The molecular formula is C34H56N2O6. The fourth-order valence-electron chi connectivity index (χ4n) is 5.55. The Morgan fingerprint density at radius 1 is 0.524 bits per heavy atom. The maximum atomic E-state index is 12.6. The Morgan fingerprint density at radius 2 is 0.810 bits per heavy atom. The van der Waals surface area contributed by atoms with Crippen LogP contribution in [-0.4, -0.2) is 49.1 Å². The molecule has 3 saturated heterocycles. The fraction of sp³-hybridized carbons (Fsp3) is 0.765. The molecule has 3 fully saturated rings. The molecule has 8 heteroatoms. The number of carbonyl (C=O) groups is 4. The van der Waals surface area contributed by atoms with E-state index in [0.29, 0.717) is 13.2 Å². The van der Waals surface area contributed by atoms with Gasteiger partial charge in [-0.1, -0.05) is 129 Å². The predicted molar refractivity (Wildman–Crippen MR) is 166 cm³/mol. The van der Waals surface area contributed by atoms with Gasteiger partial charge in [-0.3, -0.25) is 9.59 Å². The van der Waals surface area contributed by atoms with Gasteiger partial charge in [0.15, 0.2) is 0 Å². The van der Waals surface area contributed by atoms with E-state index >= 15 is 0 Å². The van der Waals surface area contributed by atoms with Gasteiger partial charge < -0.3 is 20.1 Å². The second-order valence-corrected chi connectivity index (χ2v) is 11.8. The molecule has 238 valence electrons. The number of hydrogen-bond acceptors (Lipinski definition) is 6. The zero-order chi connectivity index (χ0) is 30.4. The third kappa shape index (κ3) is 14.0. The van der Waals surface area contributed by atoms with E-state index in [-0.39, 0.29) is 11.1 Å². The van der Waals surface area contributed by atoms with Crippen LogP contribution in [0.3, 0.4) is 0 Å². The van der Waals surface area contributed by atoms with E-state index in [2.05, 4.69) is 24.5 Å². The molecule has 2 bridgehead atoms. The summed E-state index contributed by atoms with van der Waals surface area (Å²) in [6, 6.07) is -2.07. The molecule has 0 spiro atoms. The highest BCUT2D eigenvalue weighted by atomic mass is 16.5. The average Bonchev–Trinajstić information content (AvgIpc) is 2.97. The highest BCUT2D eigenvalue weighted by Gasteiger charge is 2.46. The number of carbonyl (C=O) groups excluding carboxylic acids is 4. The zero-order valence-corrected chi connectivity index (χ0v) is 26.3. The minimum Gasteiger partial charge on any atom is -0.463 e. The first-order chi connectivity index (χ1) is 20.5. The number of esters is 2. The molecule has 2 unspecified atom stereocenters. The van der Waals surface area contributed by atoms with Gasteiger partial charge in [-0.05, 0) is 24.0 Å². The van der Waals surface area contributed by atoms with Crippen LogP contribution < -0.4 is 10.6 Å². The van der Waals surface area contributed by atoms with Gasteiger partial charge in [0.2, 0.25) is 11.8 Å². The molecule has 8 nitrogen and oxygen atoms in total. The second kappa shape index (κ2) is 22.0. The van der Waals surface area contributed by atoms with Gasteiger partial charge in [0.1, 0.15) is 12.1 Å². The summed E-state index contributed by atoms with van der Waals surface area (Å²) in [4.78, 5) is 49.9. The molecular weight excluding hydrogens is 532 g/mol. The molecule has 3 rings (SSSR count). The Kier molecular flexibility index (Phi) is 18.6. The Balaban J connectivity index is 1.73. The van der Waals surface area contributed by atoms with Gasteiger partial charge in [-0.2, -0.15) is 0 Å². The number of unbranched alkanes of at least 4 members (excludes halogenated alkanes) is 18. The van der Waals surface area contributed by atoms with Crippen LogP contribution in [0.2, 0.25) is 0 Å². The van der Waals surface area contributed by atoms with Gasteiger partial charge in [0.25, 0.3) is 0 Å². The van der Waals surface area contributed by atoms with Crippen molar-refractivity contribution in [2.45, 2.75) is 154 Å². The van der Waals surface area contributed by atoms with Crippen molar-refractivity contribution >= 4 is 23.8 Å². The lowest BCUT2D eigenvalue weighted by atomic mass is 9.82. The summed E-state index contributed by atoms with van der Waals surface area (Å²) < 4.78 is 10.8. The maximum absolute atomic E-state index is 12.6. The first kappa shape index (κ1) is 35.6. The Bertz CT molecular complexity index is 824. The minimum atomic E-state index is -1.03. The average molecular weight is 589 g/mol. The molecule has 0 aromatic carbocycles. The summed E-state index contributed by atoms with van der Waals surface area (Å²) >= 11 is 0. The van der Waals surface area contributed by atoms with Gasteiger partial charge in [-0.25, -0.2) is 9.59 Å². The number of ether oxygens (including phenoxy) is 2. The van der Waals surface area contributed by atoms with Crippen LogP contribution in [0.4, 0.5) is 0 Å².